The Bertz CT molecular complexity index is 415. The molecule has 0 spiro atoms. The van der Waals surface area contributed by atoms with E-state index in [4.69, 9.17) is 0 Å². The highest BCUT2D eigenvalue weighted by Gasteiger charge is 2.28. The van der Waals surface area contributed by atoms with Gasteiger partial charge in [-0.2, -0.15) is 0 Å². The van der Waals surface area contributed by atoms with Gasteiger partial charge in [0.15, 0.2) is 0 Å². The van der Waals surface area contributed by atoms with Crippen molar-refractivity contribution in [3.63, 3.8) is 0 Å². The lowest BCUT2D eigenvalue weighted by Crippen LogP contribution is -2.50. The van der Waals surface area contributed by atoms with Crippen molar-refractivity contribution in [3.8, 4) is 0 Å². The minimum atomic E-state index is -0.682. The average Bonchev–Trinajstić information content (AvgIpc) is 3.08. The maximum Gasteiger partial charge on any atom is 0.0770 e. The number of thiophene rings is 2. The molecule has 0 aliphatic rings. The van der Waals surface area contributed by atoms with E-state index in [2.05, 4.69) is 17.4 Å². The van der Waals surface area contributed by atoms with Crippen molar-refractivity contribution in [2.45, 2.75) is 18.5 Å². The largest absolute Gasteiger partial charge is 0.394 e. The highest BCUT2D eigenvalue weighted by Crippen LogP contribution is 2.30. The third-order valence-electron chi connectivity index (χ3n) is 2.85. The van der Waals surface area contributed by atoms with Crippen molar-refractivity contribution >= 4 is 22.7 Å². The van der Waals surface area contributed by atoms with Gasteiger partial charge in [-0.05, 0) is 29.8 Å². The van der Waals surface area contributed by atoms with E-state index in [0.29, 0.717) is 0 Å². The lowest BCUT2D eigenvalue weighted by Gasteiger charge is -2.31. The number of nitrogens with one attached hydrogen (secondary N) is 1. The molecule has 18 heavy (non-hydrogen) atoms. The molecule has 5 heteroatoms. The summed E-state index contributed by atoms with van der Waals surface area (Å²) in [6, 6.07) is 8.18. The molecule has 0 unspecified atom stereocenters. The maximum atomic E-state index is 9.41. The Labute approximate surface area is 115 Å². The van der Waals surface area contributed by atoms with E-state index in [1.54, 1.807) is 22.7 Å². The topological polar surface area (TPSA) is 52.5 Å². The molecule has 3 N–H and O–H groups in total. The fourth-order valence-corrected chi connectivity index (χ4v) is 3.34. The van der Waals surface area contributed by atoms with Crippen LogP contribution in [0.5, 0.6) is 0 Å². The van der Waals surface area contributed by atoms with Gasteiger partial charge in [0.2, 0.25) is 0 Å². The Balaban J connectivity index is 2.27. The van der Waals surface area contributed by atoms with Crippen molar-refractivity contribution in [3.05, 3.63) is 44.8 Å². The number of hydrogen-bond donors (Lipinski definition) is 3. The Hall–Kier alpha value is -0.720. The Morgan fingerprint density at radius 1 is 1.11 bits per heavy atom. The average molecular weight is 283 g/mol. The smallest absolute Gasteiger partial charge is 0.0770 e. The lowest BCUT2D eigenvalue weighted by atomic mass is 10.0. The molecule has 2 aromatic heterocycles. The first-order valence-electron chi connectivity index (χ1n) is 5.75. The molecule has 0 radical (unpaired) electrons. The summed E-state index contributed by atoms with van der Waals surface area (Å²) in [7, 11) is 0. The van der Waals surface area contributed by atoms with E-state index >= 15 is 0 Å². The summed E-state index contributed by atoms with van der Waals surface area (Å²) < 4.78 is 0. The van der Waals surface area contributed by atoms with Crippen molar-refractivity contribution in [2.24, 2.45) is 0 Å². The fourth-order valence-electron chi connectivity index (χ4n) is 1.68. The van der Waals surface area contributed by atoms with Crippen LogP contribution < -0.4 is 5.32 Å². The van der Waals surface area contributed by atoms with Crippen LogP contribution in [-0.2, 0) is 0 Å². The SMILES string of the molecule is CC(CO)(CO)NC(c1cccs1)c1cccs1. The molecule has 98 valence electrons. The van der Waals surface area contributed by atoms with Crippen LogP contribution in [0.15, 0.2) is 35.0 Å². The summed E-state index contributed by atoms with van der Waals surface area (Å²) in [4.78, 5) is 2.37. The second-order valence-corrected chi connectivity index (χ2v) is 6.44. The van der Waals surface area contributed by atoms with E-state index in [1.807, 2.05) is 29.8 Å². The van der Waals surface area contributed by atoms with Crippen LogP contribution in [-0.4, -0.2) is 29.0 Å². The van der Waals surface area contributed by atoms with Crippen LogP contribution in [0.25, 0.3) is 0 Å². The van der Waals surface area contributed by atoms with E-state index in [1.165, 1.54) is 9.75 Å². The summed E-state index contributed by atoms with van der Waals surface area (Å²) in [5, 5.41) is 26.3. The monoisotopic (exact) mass is 283 g/mol. The number of rotatable bonds is 6. The van der Waals surface area contributed by atoms with Gasteiger partial charge in [-0.15, -0.1) is 22.7 Å². The summed E-state index contributed by atoms with van der Waals surface area (Å²) in [6.45, 7) is 1.62. The number of aliphatic hydroxyl groups excluding tert-OH is 2. The molecule has 0 aromatic carbocycles. The highest BCUT2D eigenvalue weighted by molar-refractivity contribution is 7.11. The molecule has 0 atom stereocenters. The predicted octanol–water partition coefficient (Wildman–Crippen LogP) is 2.23. The summed E-state index contributed by atoms with van der Waals surface area (Å²) in [5.74, 6) is 0. The second kappa shape index (κ2) is 5.95. The molecule has 0 saturated heterocycles. The molecule has 0 bridgehead atoms. The van der Waals surface area contributed by atoms with Gasteiger partial charge in [0.1, 0.15) is 0 Å². The molecule has 3 nitrogen and oxygen atoms in total. The molecule has 0 fully saturated rings. The Morgan fingerprint density at radius 3 is 1.94 bits per heavy atom. The van der Waals surface area contributed by atoms with Gasteiger partial charge in [-0.25, -0.2) is 0 Å². The summed E-state index contributed by atoms with van der Waals surface area (Å²) in [5.41, 5.74) is -0.682. The minimum absolute atomic E-state index is 0.0225. The first-order chi connectivity index (χ1) is 8.68. The van der Waals surface area contributed by atoms with Crippen LogP contribution in [0, 0.1) is 0 Å². The molecule has 0 amide bonds. The molecule has 2 heterocycles. The first-order valence-corrected chi connectivity index (χ1v) is 7.51. The standard InChI is InChI=1S/C13H17NO2S2/c1-13(8-15,9-16)14-12(10-4-2-6-17-10)11-5-3-7-18-11/h2-7,12,14-16H,8-9H2,1H3. The van der Waals surface area contributed by atoms with Crippen LogP contribution >= 0.6 is 22.7 Å². The third kappa shape index (κ3) is 2.99. The van der Waals surface area contributed by atoms with Gasteiger partial charge in [-0.1, -0.05) is 12.1 Å². The molecule has 2 aromatic rings. The summed E-state index contributed by atoms with van der Waals surface area (Å²) >= 11 is 3.34. The van der Waals surface area contributed by atoms with Crippen molar-refractivity contribution in [1.29, 1.82) is 0 Å². The normalized spacial score (nSPS) is 12.2. The van der Waals surface area contributed by atoms with Crippen LogP contribution in [0.1, 0.15) is 22.7 Å². The van der Waals surface area contributed by atoms with Gasteiger partial charge in [0.05, 0.1) is 24.8 Å². The van der Waals surface area contributed by atoms with Gasteiger partial charge in [0.25, 0.3) is 0 Å². The molecule has 0 aliphatic carbocycles. The van der Waals surface area contributed by atoms with Crippen LogP contribution in [0.2, 0.25) is 0 Å². The maximum absolute atomic E-state index is 9.41. The summed E-state index contributed by atoms with van der Waals surface area (Å²) in [6.07, 6.45) is 0. The predicted molar refractivity (Wildman–Crippen MR) is 76.2 cm³/mol. The Kier molecular flexibility index (Phi) is 4.53. The van der Waals surface area contributed by atoms with Gasteiger partial charge in [-0.3, -0.25) is 5.32 Å². The second-order valence-electron chi connectivity index (χ2n) is 4.49. The van der Waals surface area contributed by atoms with Crippen molar-refractivity contribution in [2.75, 3.05) is 13.2 Å². The van der Waals surface area contributed by atoms with Gasteiger partial charge >= 0.3 is 0 Å². The van der Waals surface area contributed by atoms with E-state index in [-0.39, 0.29) is 19.3 Å². The lowest BCUT2D eigenvalue weighted by molar-refractivity contribution is 0.0985. The zero-order chi connectivity index (χ0) is 13.0. The Morgan fingerprint density at radius 2 is 1.61 bits per heavy atom. The number of hydrogen-bond acceptors (Lipinski definition) is 5. The highest BCUT2D eigenvalue weighted by atomic mass is 32.1. The minimum Gasteiger partial charge on any atom is -0.394 e. The zero-order valence-corrected chi connectivity index (χ0v) is 11.8. The van der Waals surface area contributed by atoms with Crippen LogP contribution in [0.4, 0.5) is 0 Å². The quantitative estimate of drug-likeness (QED) is 0.762. The third-order valence-corrected chi connectivity index (χ3v) is 4.72. The first kappa shape index (κ1) is 13.7. The molecule has 0 aliphatic heterocycles. The molecule has 0 saturated carbocycles. The number of aliphatic hydroxyl groups is 2. The van der Waals surface area contributed by atoms with Gasteiger partial charge in [0, 0.05) is 9.75 Å². The molecular weight excluding hydrogens is 266 g/mol. The van der Waals surface area contributed by atoms with Crippen LogP contribution in [0.3, 0.4) is 0 Å². The van der Waals surface area contributed by atoms with E-state index < -0.39 is 5.54 Å². The van der Waals surface area contributed by atoms with Gasteiger partial charge < -0.3 is 10.2 Å². The zero-order valence-electron chi connectivity index (χ0n) is 10.2. The van der Waals surface area contributed by atoms with E-state index in [9.17, 15) is 10.2 Å². The van der Waals surface area contributed by atoms with E-state index in [0.717, 1.165) is 0 Å². The molecular formula is C13H17NO2S2. The molecule has 2 rings (SSSR count). The van der Waals surface area contributed by atoms with Crippen molar-refractivity contribution < 1.29 is 10.2 Å². The van der Waals surface area contributed by atoms with Crippen molar-refractivity contribution in [1.82, 2.24) is 5.32 Å². The fraction of sp³-hybridized carbons (Fsp3) is 0.385.